The van der Waals surface area contributed by atoms with Gasteiger partial charge in [-0.3, -0.25) is 0 Å². The molecule has 0 spiro atoms. The molecule has 0 unspecified atom stereocenters. The molecule has 4 aromatic rings. The number of thiazole rings is 1. The van der Waals surface area contributed by atoms with Crippen molar-refractivity contribution in [2.75, 3.05) is 0 Å². The summed E-state index contributed by atoms with van der Waals surface area (Å²) in [6, 6.07) is 15.9. The maximum Gasteiger partial charge on any atom is 0.190 e. The van der Waals surface area contributed by atoms with E-state index in [1.54, 1.807) is 11.3 Å². The molecule has 142 valence electrons. The summed E-state index contributed by atoms with van der Waals surface area (Å²) in [6.07, 6.45) is 6.63. The number of hydrogen-bond donors (Lipinski definition) is 0. The Kier molecular flexibility index (Phi) is 6.10. The van der Waals surface area contributed by atoms with Gasteiger partial charge in [-0.05, 0) is 30.7 Å². The van der Waals surface area contributed by atoms with E-state index < -0.39 is 0 Å². The summed E-state index contributed by atoms with van der Waals surface area (Å²) < 4.78 is 5.45. The molecule has 0 aliphatic heterocycles. The second kappa shape index (κ2) is 8.90. The average molecular weight is 474 g/mol. The van der Waals surface area contributed by atoms with Crippen molar-refractivity contribution in [3.63, 3.8) is 0 Å². The Morgan fingerprint density at radius 1 is 1.11 bits per heavy atom. The van der Waals surface area contributed by atoms with Crippen molar-refractivity contribution in [1.29, 1.82) is 0 Å². The van der Waals surface area contributed by atoms with Gasteiger partial charge in [-0.15, -0.1) is 11.3 Å². The predicted molar refractivity (Wildman–Crippen MR) is 119 cm³/mol. The van der Waals surface area contributed by atoms with Gasteiger partial charge in [0, 0.05) is 45.9 Å². The van der Waals surface area contributed by atoms with Crippen LogP contribution in [0.4, 0.5) is 5.69 Å². The molecule has 4 nitrogen and oxygen atoms in total. The summed E-state index contributed by atoms with van der Waals surface area (Å²) in [5.41, 5.74) is 3.18. The van der Waals surface area contributed by atoms with Crippen molar-refractivity contribution < 1.29 is 0 Å². The van der Waals surface area contributed by atoms with E-state index >= 15 is 0 Å². The minimum Gasteiger partial charge on any atom is -0.337 e. The Morgan fingerprint density at radius 2 is 2.00 bits per heavy atom. The first-order chi connectivity index (χ1) is 13.7. The van der Waals surface area contributed by atoms with Gasteiger partial charge in [0.15, 0.2) is 4.80 Å². The number of aryl methyl sites for hydroxylation is 1. The second-order valence-corrected chi connectivity index (χ2v) is 8.41. The van der Waals surface area contributed by atoms with Gasteiger partial charge in [-0.25, -0.2) is 9.98 Å². The molecule has 0 fully saturated rings. The van der Waals surface area contributed by atoms with E-state index in [2.05, 4.69) is 53.6 Å². The smallest absolute Gasteiger partial charge is 0.190 e. The van der Waals surface area contributed by atoms with Crippen molar-refractivity contribution in [2.24, 2.45) is 4.99 Å². The van der Waals surface area contributed by atoms with Gasteiger partial charge in [0.2, 0.25) is 0 Å². The monoisotopic (exact) mass is 472 g/mol. The third kappa shape index (κ3) is 4.46. The van der Waals surface area contributed by atoms with E-state index in [0.717, 1.165) is 45.7 Å². The third-order valence-electron chi connectivity index (χ3n) is 4.34. The summed E-state index contributed by atoms with van der Waals surface area (Å²) in [4.78, 5) is 9.93. The Hall–Kier alpha value is -2.15. The van der Waals surface area contributed by atoms with Crippen LogP contribution in [0.25, 0.3) is 11.3 Å². The summed E-state index contributed by atoms with van der Waals surface area (Å²) >= 11 is 11.5. The van der Waals surface area contributed by atoms with Gasteiger partial charge < -0.3 is 9.13 Å². The lowest BCUT2D eigenvalue weighted by Gasteiger charge is -2.11. The SMILES string of the molecule is Clc1cccc(N=c2scc(-c3ccccc3Br)n2CCCn2ccnc2)c1. The molecular weight excluding hydrogens is 456 g/mol. The van der Waals surface area contributed by atoms with Gasteiger partial charge in [-0.2, -0.15) is 0 Å². The minimum absolute atomic E-state index is 0.690. The molecule has 0 aliphatic rings. The zero-order valence-electron chi connectivity index (χ0n) is 15.0. The predicted octanol–water partition coefficient (Wildman–Crippen LogP) is 6.15. The highest BCUT2D eigenvalue weighted by Gasteiger charge is 2.11. The van der Waals surface area contributed by atoms with Gasteiger partial charge >= 0.3 is 0 Å². The Balaban J connectivity index is 1.72. The van der Waals surface area contributed by atoms with Gasteiger partial charge in [-0.1, -0.05) is 51.8 Å². The number of aromatic nitrogens is 3. The quantitative estimate of drug-likeness (QED) is 0.331. The lowest BCUT2D eigenvalue weighted by atomic mass is 10.2. The summed E-state index contributed by atoms with van der Waals surface area (Å²) in [5.74, 6) is 0. The first-order valence-electron chi connectivity index (χ1n) is 8.90. The van der Waals surface area contributed by atoms with E-state index in [1.165, 1.54) is 0 Å². The molecular formula is C21H18BrClN4S. The van der Waals surface area contributed by atoms with E-state index in [0.29, 0.717) is 5.02 Å². The minimum atomic E-state index is 0.690. The number of hydrogen-bond acceptors (Lipinski definition) is 3. The van der Waals surface area contributed by atoms with Crippen LogP contribution in [0.2, 0.25) is 5.02 Å². The molecule has 0 radical (unpaired) electrons. The molecule has 0 N–H and O–H groups in total. The molecule has 0 aliphatic carbocycles. The molecule has 0 saturated heterocycles. The van der Waals surface area contributed by atoms with E-state index in [4.69, 9.17) is 16.6 Å². The topological polar surface area (TPSA) is 35.1 Å². The standard InChI is InChI=1S/C21H18BrClN4S/c22-19-8-2-1-7-18(19)20-14-28-21(25-17-6-3-5-16(23)13-17)27(20)11-4-10-26-12-9-24-15-26/h1-3,5-9,12-15H,4,10-11H2. The van der Waals surface area contributed by atoms with Crippen LogP contribution < -0.4 is 4.80 Å². The lowest BCUT2D eigenvalue weighted by Crippen LogP contribution is -2.17. The van der Waals surface area contributed by atoms with Crippen LogP contribution in [0, 0.1) is 0 Å². The van der Waals surface area contributed by atoms with Crippen molar-refractivity contribution in [2.45, 2.75) is 19.5 Å². The van der Waals surface area contributed by atoms with Crippen LogP contribution in [0.5, 0.6) is 0 Å². The first kappa shape index (κ1) is 19.2. The number of rotatable bonds is 6. The van der Waals surface area contributed by atoms with Crippen LogP contribution in [0.3, 0.4) is 0 Å². The molecule has 4 rings (SSSR count). The fraction of sp³-hybridized carbons (Fsp3) is 0.143. The Bertz CT molecular complexity index is 1130. The average Bonchev–Trinajstić information content (AvgIpc) is 3.33. The Morgan fingerprint density at radius 3 is 2.79 bits per heavy atom. The molecule has 0 atom stereocenters. The van der Waals surface area contributed by atoms with Crippen LogP contribution in [0.1, 0.15) is 6.42 Å². The van der Waals surface area contributed by atoms with E-state index in [1.807, 2.05) is 49.1 Å². The van der Waals surface area contributed by atoms with Crippen molar-refractivity contribution in [3.8, 4) is 11.3 Å². The van der Waals surface area contributed by atoms with Crippen LogP contribution >= 0.6 is 38.9 Å². The maximum atomic E-state index is 6.14. The summed E-state index contributed by atoms with van der Waals surface area (Å²) in [6.45, 7) is 1.77. The third-order valence-corrected chi connectivity index (χ3v) is 6.13. The zero-order valence-corrected chi connectivity index (χ0v) is 18.2. The Labute approximate surface area is 180 Å². The summed E-state index contributed by atoms with van der Waals surface area (Å²) in [7, 11) is 0. The van der Waals surface area contributed by atoms with Crippen LogP contribution in [-0.2, 0) is 13.1 Å². The van der Waals surface area contributed by atoms with E-state index in [-0.39, 0.29) is 0 Å². The van der Waals surface area contributed by atoms with Crippen LogP contribution in [0.15, 0.2) is 82.1 Å². The van der Waals surface area contributed by atoms with E-state index in [9.17, 15) is 0 Å². The normalized spacial score (nSPS) is 11.9. The van der Waals surface area contributed by atoms with Crippen molar-refractivity contribution in [1.82, 2.24) is 14.1 Å². The fourth-order valence-corrected chi connectivity index (χ4v) is 4.62. The van der Waals surface area contributed by atoms with Crippen molar-refractivity contribution >= 4 is 44.6 Å². The molecule has 2 aromatic heterocycles. The summed E-state index contributed by atoms with van der Waals surface area (Å²) in [5, 5.41) is 2.86. The largest absolute Gasteiger partial charge is 0.337 e. The number of benzene rings is 2. The molecule has 28 heavy (non-hydrogen) atoms. The first-order valence-corrected chi connectivity index (χ1v) is 10.9. The molecule has 7 heteroatoms. The van der Waals surface area contributed by atoms with Crippen molar-refractivity contribution in [3.05, 3.63) is 86.9 Å². The molecule has 0 amide bonds. The molecule has 0 saturated carbocycles. The highest BCUT2D eigenvalue weighted by atomic mass is 79.9. The van der Waals surface area contributed by atoms with Gasteiger partial charge in [0.25, 0.3) is 0 Å². The molecule has 0 bridgehead atoms. The van der Waals surface area contributed by atoms with Crippen LogP contribution in [-0.4, -0.2) is 14.1 Å². The van der Waals surface area contributed by atoms with Gasteiger partial charge in [0.1, 0.15) is 0 Å². The maximum absolute atomic E-state index is 6.14. The number of imidazole rings is 1. The highest BCUT2D eigenvalue weighted by Crippen LogP contribution is 2.29. The number of nitrogens with zero attached hydrogens (tertiary/aromatic N) is 4. The lowest BCUT2D eigenvalue weighted by molar-refractivity contribution is 0.559. The zero-order chi connectivity index (χ0) is 19.3. The molecule has 2 aromatic carbocycles. The number of halogens is 2. The van der Waals surface area contributed by atoms with Gasteiger partial charge in [0.05, 0.1) is 17.7 Å². The highest BCUT2D eigenvalue weighted by molar-refractivity contribution is 9.10. The molecule has 2 heterocycles. The fourth-order valence-electron chi connectivity index (χ4n) is 3.01. The second-order valence-electron chi connectivity index (χ2n) is 6.28.